The zero-order chi connectivity index (χ0) is 29.6. The lowest BCUT2D eigenvalue weighted by Crippen LogP contribution is -2.40. The number of halogens is 2. The third-order valence-corrected chi connectivity index (χ3v) is 7.76. The number of Topliss-reactive ketones (excluding diaryl/α,β-unsaturated/α-hetero) is 1. The number of alkyl halides is 1. The topological polar surface area (TPSA) is 87.7 Å². The normalized spacial score (nSPS) is 13.3. The molecule has 1 amide bonds. The number of fused-ring (bicyclic) bond motifs is 1. The van der Waals surface area contributed by atoms with Crippen molar-refractivity contribution in [1.29, 1.82) is 0 Å². The molecule has 0 bridgehead atoms. The monoisotopic (exact) mass is 603 g/mol. The van der Waals surface area contributed by atoms with Gasteiger partial charge in [-0.2, -0.15) is 0 Å². The Balaban J connectivity index is 1.41. The number of nitrogens with one attached hydrogen (secondary N) is 1. The largest absolute Gasteiger partial charge is 0.497 e. The van der Waals surface area contributed by atoms with Crippen LogP contribution in [-0.2, 0) is 12.4 Å². The van der Waals surface area contributed by atoms with Gasteiger partial charge in [-0.1, -0.05) is 54.1 Å². The van der Waals surface area contributed by atoms with Crippen molar-refractivity contribution in [2.75, 3.05) is 35.3 Å². The van der Waals surface area contributed by atoms with Crippen molar-refractivity contribution in [3.05, 3.63) is 106 Å². The molecule has 0 saturated heterocycles. The highest BCUT2D eigenvalue weighted by atomic mass is 35.5. The minimum Gasteiger partial charge on any atom is -0.497 e. The van der Waals surface area contributed by atoms with Gasteiger partial charge in [0.05, 0.1) is 17.7 Å². The number of carbonyl (C=O) groups is 2. The molecular formula is C32H31Cl2N5O3. The van der Waals surface area contributed by atoms with E-state index in [4.69, 9.17) is 27.9 Å². The smallest absolute Gasteiger partial charge is 0.260 e. The highest BCUT2D eigenvalue weighted by Gasteiger charge is 2.30. The summed E-state index contributed by atoms with van der Waals surface area (Å²) >= 11 is 12.7. The van der Waals surface area contributed by atoms with Crippen LogP contribution in [0, 0.1) is 0 Å². The second-order valence-corrected chi connectivity index (χ2v) is 10.7. The zero-order valence-corrected chi connectivity index (χ0v) is 24.9. The lowest BCUT2D eigenvalue weighted by molar-refractivity contribution is 0.0973. The van der Waals surface area contributed by atoms with Gasteiger partial charge >= 0.3 is 0 Å². The number of hydrogen-bond acceptors (Lipinski definition) is 7. The second-order valence-electron chi connectivity index (χ2n) is 10.1. The molecule has 1 N–H and O–H groups in total. The average molecular weight is 605 g/mol. The Morgan fingerprint density at radius 1 is 1.07 bits per heavy atom. The first-order valence-corrected chi connectivity index (χ1v) is 14.5. The molecule has 0 radical (unpaired) electrons. The van der Waals surface area contributed by atoms with Crippen LogP contribution in [0.2, 0.25) is 5.02 Å². The third-order valence-electron chi connectivity index (χ3n) is 7.16. The lowest BCUT2D eigenvalue weighted by Gasteiger charge is -2.31. The molecule has 1 atom stereocenters. The second kappa shape index (κ2) is 13.2. The SMILES string of the molecule is COc1ccc(CN2CCC(=O)c3c(N[C@@H](C)CN(C(=O)c4c(Cl)cccc4CCl)c4ccccc4)ncnc32)cc1. The van der Waals surface area contributed by atoms with Crippen molar-refractivity contribution in [3.63, 3.8) is 0 Å². The number of benzene rings is 3. The van der Waals surface area contributed by atoms with Crippen LogP contribution in [0.1, 0.15) is 45.2 Å². The quantitative estimate of drug-likeness (QED) is 0.204. The Morgan fingerprint density at radius 2 is 1.83 bits per heavy atom. The summed E-state index contributed by atoms with van der Waals surface area (Å²) in [5.41, 5.74) is 3.27. The molecule has 2 heterocycles. The van der Waals surface area contributed by atoms with Crippen LogP contribution < -0.4 is 19.9 Å². The maximum Gasteiger partial charge on any atom is 0.260 e. The molecular weight excluding hydrogens is 573 g/mol. The highest BCUT2D eigenvalue weighted by molar-refractivity contribution is 6.35. The Morgan fingerprint density at radius 3 is 2.55 bits per heavy atom. The van der Waals surface area contributed by atoms with E-state index < -0.39 is 0 Å². The summed E-state index contributed by atoms with van der Waals surface area (Å²) in [4.78, 5) is 39.8. The van der Waals surface area contributed by atoms with E-state index in [1.807, 2.05) is 61.5 Å². The molecule has 0 saturated carbocycles. The fourth-order valence-corrected chi connectivity index (χ4v) is 5.57. The van der Waals surface area contributed by atoms with Gasteiger partial charge in [0.2, 0.25) is 0 Å². The molecule has 1 aliphatic heterocycles. The molecule has 0 fully saturated rings. The van der Waals surface area contributed by atoms with E-state index in [1.54, 1.807) is 30.2 Å². The Kier molecular flexibility index (Phi) is 9.25. The van der Waals surface area contributed by atoms with Gasteiger partial charge in [-0.3, -0.25) is 9.59 Å². The average Bonchev–Trinajstić information content (AvgIpc) is 3.01. The predicted molar refractivity (Wildman–Crippen MR) is 167 cm³/mol. The number of aromatic nitrogens is 2. The van der Waals surface area contributed by atoms with Crippen LogP contribution in [-0.4, -0.2) is 47.9 Å². The number of ketones is 1. The molecule has 42 heavy (non-hydrogen) atoms. The number of nitrogens with zero attached hydrogens (tertiary/aromatic N) is 4. The van der Waals surface area contributed by atoms with Crippen LogP contribution in [0.25, 0.3) is 0 Å². The van der Waals surface area contributed by atoms with Crippen molar-refractivity contribution in [3.8, 4) is 5.75 Å². The number of amides is 1. The van der Waals surface area contributed by atoms with Gasteiger partial charge in [0, 0.05) is 43.7 Å². The summed E-state index contributed by atoms with van der Waals surface area (Å²) in [5.74, 6) is 1.68. The maximum atomic E-state index is 13.9. The summed E-state index contributed by atoms with van der Waals surface area (Å²) < 4.78 is 5.27. The third kappa shape index (κ3) is 6.35. The molecule has 1 aromatic heterocycles. The Hall–Kier alpha value is -4.14. The standard InChI is InChI=1S/C32H31Cl2N5O3/c1-21(18-39(24-8-4-3-5-9-24)32(41)28-23(17-33)7-6-10-26(28)34)37-30-29-27(40)15-16-38(31(29)36-20-35-30)19-22-11-13-25(42-2)14-12-22/h3-14,20-21H,15-19H2,1-2H3,(H,35,36,37)/t21-/m0/s1. The first-order valence-electron chi connectivity index (χ1n) is 13.6. The Labute approximate surface area is 255 Å². The van der Waals surface area contributed by atoms with E-state index in [0.29, 0.717) is 58.5 Å². The van der Waals surface area contributed by atoms with Gasteiger partial charge in [0.1, 0.15) is 29.3 Å². The first-order chi connectivity index (χ1) is 20.4. The summed E-state index contributed by atoms with van der Waals surface area (Å²) in [5, 5.41) is 3.72. The minimum absolute atomic E-state index is 0.0231. The molecule has 0 unspecified atom stereocenters. The van der Waals surface area contributed by atoms with Gasteiger partial charge in [-0.15, -0.1) is 11.6 Å². The van der Waals surface area contributed by atoms with Crippen LogP contribution in [0.3, 0.4) is 0 Å². The number of carbonyl (C=O) groups excluding carboxylic acids is 2. The van der Waals surface area contributed by atoms with Gasteiger partial charge in [-0.25, -0.2) is 9.97 Å². The van der Waals surface area contributed by atoms with E-state index in [0.717, 1.165) is 11.3 Å². The fraction of sp³-hybridized carbons (Fsp3) is 0.250. The van der Waals surface area contributed by atoms with Crippen LogP contribution >= 0.6 is 23.2 Å². The fourth-order valence-electron chi connectivity index (χ4n) is 5.08. The number of ether oxygens (including phenoxy) is 1. The molecule has 3 aromatic carbocycles. The first kappa shape index (κ1) is 29.4. The van der Waals surface area contributed by atoms with E-state index in [9.17, 15) is 9.59 Å². The molecule has 8 nitrogen and oxygen atoms in total. The number of rotatable bonds is 10. The van der Waals surface area contributed by atoms with Crippen LogP contribution in [0.4, 0.5) is 17.3 Å². The number of anilines is 3. The van der Waals surface area contributed by atoms with E-state index in [2.05, 4.69) is 20.2 Å². The number of methoxy groups -OCH3 is 1. The summed E-state index contributed by atoms with van der Waals surface area (Å²) in [6.45, 7) is 3.36. The van der Waals surface area contributed by atoms with Gasteiger partial charge in [0.25, 0.3) is 5.91 Å². The number of para-hydroxylation sites is 1. The van der Waals surface area contributed by atoms with Crippen LogP contribution in [0.15, 0.2) is 79.1 Å². The number of hydrogen-bond donors (Lipinski definition) is 1. The van der Waals surface area contributed by atoms with Crippen molar-refractivity contribution in [1.82, 2.24) is 9.97 Å². The van der Waals surface area contributed by atoms with E-state index in [-0.39, 0.29) is 30.2 Å². The van der Waals surface area contributed by atoms with Gasteiger partial charge < -0.3 is 19.9 Å². The predicted octanol–water partition coefficient (Wildman–Crippen LogP) is 6.62. The lowest BCUT2D eigenvalue weighted by atomic mass is 10.0. The van der Waals surface area contributed by atoms with Gasteiger partial charge in [0.15, 0.2) is 5.78 Å². The van der Waals surface area contributed by atoms with Crippen LogP contribution in [0.5, 0.6) is 5.75 Å². The summed E-state index contributed by atoms with van der Waals surface area (Å²) in [7, 11) is 1.64. The summed E-state index contributed by atoms with van der Waals surface area (Å²) in [6.07, 6.45) is 1.81. The molecule has 0 aliphatic carbocycles. The van der Waals surface area contributed by atoms with Crippen molar-refractivity contribution < 1.29 is 14.3 Å². The molecule has 5 rings (SSSR count). The molecule has 0 spiro atoms. The van der Waals surface area contributed by atoms with E-state index in [1.165, 1.54) is 6.33 Å². The van der Waals surface area contributed by atoms with Crippen molar-refractivity contribution in [2.45, 2.75) is 31.8 Å². The highest BCUT2D eigenvalue weighted by Crippen LogP contribution is 2.32. The van der Waals surface area contributed by atoms with Crippen molar-refractivity contribution >= 4 is 52.2 Å². The van der Waals surface area contributed by atoms with Gasteiger partial charge in [-0.05, 0) is 48.4 Å². The molecule has 1 aliphatic rings. The van der Waals surface area contributed by atoms with E-state index >= 15 is 0 Å². The molecule has 216 valence electrons. The molecule has 4 aromatic rings. The zero-order valence-electron chi connectivity index (χ0n) is 23.4. The maximum absolute atomic E-state index is 13.9. The molecule has 10 heteroatoms. The summed E-state index contributed by atoms with van der Waals surface area (Å²) in [6, 6.07) is 22.2. The van der Waals surface area contributed by atoms with Crippen molar-refractivity contribution in [2.24, 2.45) is 0 Å². The Bertz CT molecular complexity index is 1570. The minimum atomic E-state index is -0.292.